The van der Waals surface area contributed by atoms with Crippen molar-refractivity contribution in [3.05, 3.63) is 0 Å². The Morgan fingerprint density at radius 2 is 1.52 bits per heavy atom. The summed E-state index contributed by atoms with van der Waals surface area (Å²) in [5.41, 5.74) is -0.679. The van der Waals surface area contributed by atoms with Gasteiger partial charge in [-0.1, -0.05) is 0 Å². The Morgan fingerprint density at radius 1 is 1.00 bits per heavy atom. The Balaban J connectivity index is 4.81. The van der Waals surface area contributed by atoms with E-state index in [2.05, 4.69) is 10.1 Å². The van der Waals surface area contributed by atoms with Gasteiger partial charge in [-0.3, -0.25) is 19.3 Å². The topological polar surface area (TPSA) is 105 Å². The molecule has 1 N–H and O–H groups in total. The molecule has 2 unspecified atom stereocenters. The predicted octanol–water partition coefficient (Wildman–Crippen LogP) is 0.378. The SMILES string of the molecule is COC(=O)CNC(=O)C(C)N(C)C(=O)C(C)N(C)C(=O)OC(C)(C)C. The number of hydrogen-bond acceptors (Lipinski definition) is 6. The van der Waals surface area contributed by atoms with E-state index in [0.717, 1.165) is 0 Å². The fourth-order valence-electron chi connectivity index (χ4n) is 1.70. The normalized spacial score (nSPS) is 13.3. The molecule has 144 valence electrons. The van der Waals surface area contributed by atoms with Crippen molar-refractivity contribution in [1.82, 2.24) is 15.1 Å². The van der Waals surface area contributed by atoms with Crippen LogP contribution in [0.5, 0.6) is 0 Å². The van der Waals surface area contributed by atoms with Crippen molar-refractivity contribution in [3.63, 3.8) is 0 Å². The summed E-state index contributed by atoms with van der Waals surface area (Å²) < 4.78 is 9.65. The lowest BCUT2D eigenvalue weighted by Crippen LogP contribution is -2.53. The smallest absolute Gasteiger partial charge is 0.410 e. The van der Waals surface area contributed by atoms with Crippen LogP contribution in [0, 0.1) is 0 Å². The van der Waals surface area contributed by atoms with Crippen molar-refractivity contribution >= 4 is 23.9 Å². The second-order valence-electron chi connectivity index (χ2n) is 6.69. The zero-order chi connectivity index (χ0) is 19.9. The van der Waals surface area contributed by atoms with Crippen LogP contribution in [0.3, 0.4) is 0 Å². The third kappa shape index (κ3) is 7.40. The van der Waals surface area contributed by atoms with Crippen LogP contribution >= 0.6 is 0 Å². The van der Waals surface area contributed by atoms with Crippen LogP contribution in [-0.2, 0) is 23.9 Å². The number of amides is 3. The molecule has 0 spiro atoms. The molecule has 0 aromatic rings. The first kappa shape index (κ1) is 22.7. The summed E-state index contributed by atoms with van der Waals surface area (Å²) in [7, 11) is 4.11. The van der Waals surface area contributed by atoms with E-state index < -0.39 is 41.6 Å². The average molecular weight is 359 g/mol. The number of nitrogens with one attached hydrogen (secondary N) is 1. The fourth-order valence-corrected chi connectivity index (χ4v) is 1.70. The summed E-state index contributed by atoms with van der Waals surface area (Å²) in [5, 5.41) is 2.38. The Hall–Kier alpha value is -2.32. The molecule has 0 aliphatic rings. The van der Waals surface area contributed by atoms with Crippen molar-refractivity contribution in [1.29, 1.82) is 0 Å². The molecule has 2 atom stereocenters. The standard InChI is InChI=1S/C16H29N3O6/c1-10(13(21)17-9-12(20)24-8)18(6)14(22)11(2)19(7)15(23)25-16(3,4)5/h10-11H,9H2,1-8H3,(H,17,21). The molecule has 9 heteroatoms. The molecule has 0 aliphatic heterocycles. The van der Waals surface area contributed by atoms with Crippen LogP contribution in [0.25, 0.3) is 0 Å². The molecular formula is C16H29N3O6. The molecule has 0 aromatic carbocycles. The lowest BCUT2D eigenvalue weighted by atomic mass is 10.2. The molecule has 0 aliphatic carbocycles. The van der Waals surface area contributed by atoms with Crippen LogP contribution in [0.15, 0.2) is 0 Å². The number of esters is 1. The summed E-state index contributed by atoms with van der Waals surface area (Å²) in [6.07, 6.45) is -0.635. The minimum Gasteiger partial charge on any atom is -0.468 e. The number of nitrogens with zero attached hydrogens (tertiary/aromatic N) is 2. The lowest BCUT2D eigenvalue weighted by Gasteiger charge is -2.32. The van der Waals surface area contributed by atoms with Gasteiger partial charge in [0.15, 0.2) is 0 Å². The van der Waals surface area contributed by atoms with Crippen molar-refractivity contribution in [2.45, 2.75) is 52.3 Å². The van der Waals surface area contributed by atoms with Crippen LogP contribution in [0.2, 0.25) is 0 Å². The first-order valence-electron chi connectivity index (χ1n) is 7.88. The van der Waals surface area contributed by atoms with E-state index in [9.17, 15) is 19.2 Å². The van der Waals surface area contributed by atoms with E-state index in [4.69, 9.17) is 4.74 Å². The fraction of sp³-hybridized carbons (Fsp3) is 0.750. The second kappa shape index (κ2) is 9.24. The maximum absolute atomic E-state index is 12.5. The van der Waals surface area contributed by atoms with Gasteiger partial charge in [0.2, 0.25) is 11.8 Å². The Labute approximate surface area is 148 Å². The first-order chi connectivity index (χ1) is 11.3. The molecule has 9 nitrogen and oxygen atoms in total. The van der Waals surface area contributed by atoms with E-state index >= 15 is 0 Å². The van der Waals surface area contributed by atoms with Gasteiger partial charge in [-0.25, -0.2) is 4.79 Å². The molecule has 0 saturated heterocycles. The summed E-state index contributed by atoms with van der Waals surface area (Å²) in [5.74, 6) is -1.53. The molecule has 0 aromatic heterocycles. The molecule has 0 heterocycles. The quantitative estimate of drug-likeness (QED) is 0.687. The zero-order valence-corrected chi connectivity index (χ0v) is 16.2. The Kier molecular flexibility index (Phi) is 8.38. The monoisotopic (exact) mass is 359 g/mol. The zero-order valence-electron chi connectivity index (χ0n) is 16.2. The molecular weight excluding hydrogens is 330 g/mol. The predicted molar refractivity (Wildman–Crippen MR) is 90.7 cm³/mol. The number of carbonyl (C=O) groups is 4. The van der Waals surface area contributed by atoms with E-state index in [0.29, 0.717) is 0 Å². The highest BCUT2D eigenvalue weighted by molar-refractivity contribution is 5.91. The summed E-state index contributed by atoms with van der Waals surface area (Å²) in [6.45, 7) is 7.96. The van der Waals surface area contributed by atoms with Gasteiger partial charge in [0.1, 0.15) is 24.2 Å². The Bertz CT molecular complexity index is 514. The minimum atomic E-state index is -0.827. The van der Waals surface area contributed by atoms with Gasteiger partial charge in [-0.05, 0) is 34.6 Å². The molecule has 0 rings (SSSR count). The van der Waals surface area contributed by atoms with Crippen molar-refractivity contribution in [2.75, 3.05) is 27.7 Å². The third-order valence-electron chi connectivity index (χ3n) is 3.56. The van der Waals surface area contributed by atoms with Crippen molar-refractivity contribution in [2.24, 2.45) is 0 Å². The van der Waals surface area contributed by atoms with E-state index in [-0.39, 0.29) is 6.54 Å². The van der Waals surface area contributed by atoms with E-state index in [1.807, 2.05) is 0 Å². The first-order valence-corrected chi connectivity index (χ1v) is 7.88. The lowest BCUT2D eigenvalue weighted by molar-refractivity contribution is -0.144. The van der Waals surface area contributed by atoms with Crippen molar-refractivity contribution in [3.8, 4) is 0 Å². The number of hydrogen-bond donors (Lipinski definition) is 1. The van der Waals surface area contributed by atoms with Crippen LogP contribution < -0.4 is 5.32 Å². The minimum absolute atomic E-state index is 0.283. The van der Waals surface area contributed by atoms with Gasteiger partial charge in [0, 0.05) is 14.1 Å². The molecule has 0 saturated carbocycles. The largest absolute Gasteiger partial charge is 0.468 e. The van der Waals surface area contributed by atoms with Gasteiger partial charge >= 0.3 is 12.1 Å². The average Bonchev–Trinajstić information content (AvgIpc) is 2.53. The van der Waals surface area contributed by atoms with Crippen LogP contribution in [0.1, 0.15) is 34.6 Å². The van der Waals surface area contributed by atoms with E-state index in [1.54, 1.807) is 27.7 Å². The number of rotatable bonds is 6. The van der Waals surface area contributed by atoms with E-state index in [1.165, 1.54) is 37.9 Å². The highest BCUT2D eigenvalue weighted by Gasteiger charge is 2.32. The number of carbonyl (C=O) groups excluding carboxylic acids is 4. The molecule has 25 heavy (non-hydrogen) atoms. The molecule has 0 bridgehead atoms. The molecule has 0 radical (unpaired) electrons. The summed E-state index contributed by atoms with van der Waals surface area (Å²) in [4.78, 5) is 50.0. The summed E-state index contributed by atoms with van der Waals surface area (Å²) >= 11 is 0. The highest BCUT2D eigenvalue weighted by atomic mass is 16.6. The summed E-state index contributed by atoms with van der Waals surface area (Å²) in [6, 6.07) is -1.65. The highest BCUT2D eigenvalue weighted by Crippen LogP contribution is 2.12. The molecule has 0 fully saturated rings. The Morgan fingerprint density at radius 3 is 1.96 bits per heavy atom. The van der Waals surface area contributed by atoms with Gasteiger partial charge in [-0.15, -0.1) is 0 Å². The second-order valence-corrected chi connectivity index (χ2v) is 6.69. The molecule has 3 amide bonds. The third-order valence-corrected chi connectivity index (χ3v) is 3.56. The maximum Gasteiger partial charge on any atom is 0.410 e. The van der Waals surface area contributed by atoms with Crippen LogP contribution in [0.4, 0.5) is 4.79 Å². The van der Waals surface area contributed by atoms with Gasteiger partial charge in [0.25, 0.3) is 0 Å². The van der Waals surface area contributed by atoms with Crippen molar-refractivity contribution < 1.29 is 28.7 Å². The number of likely N-dealkylation sites (N-methyl/N-ethyl adjacent to an activating group) is 2. The van der Waals surface area contributed by atoms with Crippen LogP contribution in [-0.4, -0.2) is 79.1 Å². The number of ether oxygens (including phenoxy) is 2. The van der Waals surface area contributed by atoms with Gasteiger partial charge in [0.05, 0.1) is 7.11 Å². The van der Waals surface area contributed by atoms with Gasteiger partial charge in [-0.2, -0.15) is 0 Å². The number of methoxy groups -OCH3 is 1. The maximum atomic E-state index is 12.5. The van der Waals surface area contributed by atoms with Gasteiger partial charge < -0.3 is 19.7 Å².